The van der Waals surface area contributed by atoms with Gasteiger partial charge in [0.1, 0.15) is 0 Å². The third-order valence-corrected chi connectivity index (χ3v) is 6.50. The molecule has 2 heterocycles. The van der Waals surface area contributed by atoms with E-state index >= 15 is 0 Å². The second-order valence-corrected chi connectivity index (χ2v) is 9.21. The van der Waals surface area contributed by atoms with E-state index in [-0.39, 0.29) is 6.04 Å². The van der Waals surface area contributed by atoms with E-state index in [1.807, 2.05) is 23.9 Å². The van der Waals surface area contributed by atoms with E-state index < -0.39 is 9.84 Å². The highest BCUT2D eigenvalue weighted by Crippen LogP contribution is 2.22. The molecule has 8 heteroatoms. The molecule has 3 rings (SSSR count). The summed E-state index contributed by atoms with van der Waals surface area (Å²) in [5.74, 6) is 1.01. The molecule has 3 unspecified atom stereocenters. The summed E-state index contributed by atoms with van der Waals surface area (Å²) in [4.78, 5) is 0.364. The molecule has 0 amide bonds. The van der Waals surface area contributed by atoms with E-state index in [1.165, 1.54) is 6.26 Å². The van der Waals surface area contributed by atoms with Crippen LogP contribution in [0.2, 0.25) is 0 Å². The quantitative estimate of drug-likeness (QED) is 0.701. The van der Waals surface area contributed by atoms with E-state index in [0.717, 1.165) is 31.0 Å². The maximum atomic E-state index is 11.5. The molecule has 0 spiro atoms. The van der Waals surface area contributed by atoms with Crippen LogP contribution in [0.15, 0.2) is 29.2 Å². The Balaban J connectivity index is 1.57. The first-order valence-corrected chi connectivity index (χ1v) is 10.7. The molecular weight excluding hydrogens is 334 g/mol. The zero-order valence-electron chi connectivity index (χ0n) is 13.1. The highest BCUT2D eigenvalue weighted by Gasteiger charge is 2.24. The van der Waals surface area contributed by atoms with Crippen LogP contribution in [0, 0.1) is 0 Å². The molecule has 2 aliphatic rings. The van der Waals surface area contributed by atoms with Gasteiger partial charge in [0.15, 0.2) is 9.84 Å². The van der Waals surface area contributed by atoms with Crippen LogP contribution in [0.5, 0.6) is 0 Å². The van der Waals surface area contributed by atoms with Crippen molar-refractivity contribution in [3.8, 4) is 0 Å². The maximum absolute atomic E-state index is 11.5. The second-order valence-electron chi connectivity index (χ2n) is 5.96. The first kappa shape index (κ1) is 17.2. The molecule has 2 fully saturated rings. The Morgan fingerprint density at radius 3 is 2.70 bits per heavy atom. The fourth-order valence-corrected chi connectivity index (χ4v) is 4.55. The fourth-order valence-electron chi connectivity index (χ4n) is 2.75. The largest absolute Gasteiger partial charge is 0.365 e. The predicted molar refractivity (Wildman–Crippen MR) is 92.3 cm³/mol. The zero-order chi connectivity index (χ0) is 16.3. The Hall–Kier alpha value is -0.640. The smallest absolute Gasteiger partial charge is 0.175 e. The van der Waals surface area contributed by atoms with Gasteiger partial charge in [-0.3, -0.25) is 10.6 Å². The summed E-state index contributed by atoms with van der Waals surface area (Å²) in [5, 5.41) is 10.7. The minimum Gasteiger partial charge on any atom is -0.365 e. The van der Waals surface area contributed by atoms with Gasteiger partial charge in [0.2, 0.25) is 0 Å². The van der Waals surface area contributed by atoms with Crippen molar-refractivity contribution in [3.63, 3.8) is 0 Å². The van der Waals surface area contributed by atoms with E-state index in [4.69, 9.17) is 4.74 Å². The van der Waals surface area contributed by atoms with Gasteiger partial charge in [-0.05, 0) is 17.7 Å². The van der Waals surface area contributed by atoms with Crippen molar-refractivity contribution in [2.75, 3.05) is 38.4 Å². The van der Waals surface area contributed by atoms with Crippen LogP contribution in [-0.4, -0.2) is 58.3 Å². The van der Waals surface area contributed by atoms with Gasteiger partial charge in [-0.1, -0.05) is 12.1 Å². The van der Waals surface area contributed by atoms with Gasteiger partial charge in [0, 0.05) is 37.2 Å². The molecule has 128 valence electrons. The Morgan fingerprint density at radius 1 is 1.26 bits per heavy atom. The van der Waals surface area contributed by atoms with Crippen molar-refractivity contribution < 1.29 is 13.2 Å². The molecule has 3 N–H and O–H groups in total. The van der Waals surface area contributed by atoms with Crippen LogP contribution in [0.1, 0.15) is 11.6 Å². The summed E-state index contributed by atoms with van der Waals surface area (Å²) < 4.78 is 28.4. The first-order valence-electron chi connectivity index (χ1n) is 7.72. The number of hydrogen-bond acceptors (Lipinski definition) is 7. The van der Waals surface area contributed by atoms with Crippen LogP contribution in [0.3, 0.4) is 0 Å². The molecule has 1 aromatic rings. The second kappa shape index (κ2) is 7.50. The Morgan fingerprint density at radius 2 is 2.04 bits per heavy atom. The molecule has 0 bridgehead atoms. The van der Waals surface area contributed by atoms with Gasteiger partial charge in [0.25, 0.3) is 0 Å². The Kier molecular flexibility index (Phi) is 5.61. The van der Waals surface area contributed by atoms with E-state index in [9.17, 15) is 8.42 Å². The van der Waals surface area contributed by atoms with Crippen LogP contribution in [0.25, 0.3) is 0 Å². The van der Waals surface area contributed by atoms with Gasteiger partial charge in [0.05, 0.1) is 23.6 Å². The van der Waals surface area contributed by atoms with Crippen LogP contribution in [-0.2, 0) is 14.6 Å². The molecule has 1 aromatic carbocycles. The lowest BCUT2D eigenvalue weighted by atomic mass is 10.1. The van der Waals surface area contributed by atoms with E-state index in [1.54, 1.807) is 12.1 Å². The number of rotatable bonds is 5. The van der Waals surface area contributed by atoms with Crippen molar-refractivity contribution >= 4 is 21.6 Å². The van der Waals surface area contributed by atoms with Gasteiger partial charge in [-0.2, -0.15) is 0 Å². The first-order chi connectivity index (χ1) is 11.0. The van der Waals surface area contributed by atoms with Crippen molar-refractivity contribution in [1.82, 2.24) is 16.0 Å². The predicted octanol–water partition coefficient (Wildman–Crippen LogP) is 0.329. The number of ether oxygens (including phenoxy) is 1. The highest BCUT2D eigenvalue weighted by atomic mass is 32.2. The SMILES string of the molecule is CS(=O)(=O)c1ccc(C2CNCC(SCC3COCN3)N2)cc1. The number of thioether (sulfide) groups is 1. The van der Waals surface area contributed by atoms with Crippen LogP contribution in [0.4, 0.5) is 0 Å². The summed E-state index contributed by atoms with van der Waals surface area (Å²) in [7, 11) is -3.14. The van der Waals surface area contributed by atoms with Crippen molar-refractivity contribution in [2.24, 2.45) is 0 Å². The van der Waals surface area contributed by atoms with Gasteiger partial charge < -0.3 is 10.1 Å². The van der Waals surface area contributed by atoms with Gasteiger partial charge in [-0.25, -0.2) is 8.42 Å². The molecule has 0 aliphatic carbocycles. The monoisotopic (exact) mass is 357 g/mol. The third-order valence-electron chi connectivity index (χ3n) is 4.07. The Bertz CT molecular complexity index is 615. The number of sulfone groups is 1. The minimum atomic E-state index is -3.14. The average Bonchev–Trinajstić information content (AvgIpc) is 3.06. The standard InChI is InChI=1S/C15H23N3O3S2/c1-23(19,20)13-4-2-11(3-5-13)14-6-16-7-15(18-14)22-9-12-8-21-10-17-12/h2-5,12,14-18H,6-10H2,1H3. The fraction of sp³-hybridized carbons (Fsp3) is 0.600. The van der Waals surface area contributed by atoms with Crippen molar-refractivity contribution in [3.05, 3.63) is 29.8 Å². The molecular formula is C15H23N3O3S2. The molecule has 6 nitrogen and oxygen atoms in total. The average molecular weight is 358 g/mol. The number of nitrogens with one attached hydrogen (secondary N) is 3. The van der Waals surface area contributed by atoms with Crippen molar-refractivity contribution in [1.29, 1.82) is 0 Å². The van der Waals surface area contributed by atoms with E-state index in [0.29, 0.717) is 23.0 Å². The van der Waals surface area contributed by atoms with Crippen molar-refractivity contribution in [2.45, 2.75) is 22.4 Å². The lowest BCUT2D eigenvalue weighted by Crippen LogP contribution is -2.49. The summed E-state index contributed by atoms with van der Waals surface area (Å²) >= 11 is 1.89. The molecule has 0 aromatic heterocycles. The summed E-state index contributed by atoms with van der Waals surface area (Å²) in [6, 6.07) is 7.79. The normalized spacial score (nSPS) is 28.8. The van der Waals surface area contributed by atoms with E-state index in [2.05, 4.69) is 16.0 Å². The summed E-state index contributed by atoms with van der Waals surface area (Å²) in [6.45, 7) is 3.21. The molecule has 2 aliphatic heterocycles. The molecule has 3 atom stereocenters. The van der Waals surface area contributed by atoms with Crippen LogP contribution < -0.4 is 16.0 Å². The topological polar surface area (TPSA) is 79.5 Å². The number of hydrogen-bond donors (Lipinski definition) is 3. The lowest BCUT2D eigenvalue weighted by molar-refractivity contribution is 0.191. The summed E-state index contributed by atoms with van der Waals surface area (Å²) in [6.07, 6.45) is 1.23. The van der Waals surface area contributed by atoms with Crippen LogP contribution >= 0.6 is 11.8 Å². The third kappa shape index (κ3) is 4.68. The van der Waals surface area contributed by atoms with Gasteiger partial charge >= 0.3 is 0 Å². The summed E-state index contributed by atoms with van der Waals surface area (Å²) in [5.41, 5.74) is 1.11. The van der Waals surface area contributed by atoms with Gasteiger partial charge in [-0.15, -0.1) is 11.8 Å². The number of piperazine rings is 1. The minimum absolute atomic E-state index is 0.197. The molecule has 0 saturated carbocycles. The Labute approximate surface area is 141 Å². The number of benzene rings is 1. The maximum Gasteiger partial charge on any atom is 0.175 e. The zero-order valence-corrected chi connectivity index (χ0v) is 14.8. The molecule has 2 saturated heterocycles. The lowest BCUT2D eigenvalue weighted by Gasteiger charge is -2.32. The molecule has 23 heavy (non-hydrogen) atoms. The highest BCUT2D eigenvalue weighted by molar-refractivity contribution is 7.99. The molecule has 0 radical (unpaired) electrons.